The Kier molecular flexibility index (Phi) is 5.04. The van der Waals surface area contributed by atoms with E-state index in [1.54, 1.807) is 23.9 Å². The number of thioether (sulfide) groups is 1. The number of rotatable bonds is 4. The molecule has 3 nitrogen and oxygen atoms in total. The summed E-state index contributed by atoms with van der Waals surface area (Å²) in [5, 5.41) is 3.73. The van der Waals surface area contributed by atoms with Gasteiger partial charge in [-0.2, -0.15) is 0 Å². The summed E-state index contributed by atoms with van der Waals surface area (Å²) in [6.07, 6.45) is 1.51. The first kappa shape index (κ1) is 14.9. The van der Waals surface area contributed by atoms with Crippen molar-refractivity contribution in [3.63, 3.8) is 0 Å². The van der Waals surface area contributed by atoms with E-state index in [0.29, 0.717) is 21.7 Å². The number of anilines is 1. The summed E-state index contributed by atoms with van der Waals surface area (Å²) in [6.45, 7) is 4.19. The molecule has 1 amide bonds. The highest BCUT2D eigenvalue weighted by Crippen LogP contribution is 2.27. The molecule has 104 valence electrons. The molecule has 0 aliphatic heterocycles. The maximum absolute atomic E-state index is 12.3. The molecule has 1 heterocycles. The van der Waals surface area contributed by atoms with E-state index in [9.17, 15) is 4.79 Å². The fraction of sp³-hybridized carbons (Fsp3) is 0.200. The number of nitrogens with one attached hydrogen (secondary N) is 1. The molecule has 1 aromatic carbocycles. The lowest BCUT2D eigenvalue weighted by Crippen LogP contribution is -2.14. The van der Waals surface area contributed by atoms with Crippen LogP contribution in [0.2, 0.25) is 5.02 Å². The van der Waals surface area contributed by atoms with Gasteiger partial charge in [0.2, 0.25) is 0 Å². The quantitative estimate of drug-likeness (QED) is 0.846. The van der Waals surface area contributed by atoms with Crippen LogP contribution in [0.4, 0.5) is 5.82 Å². The molecule has 0 saturated carbocycles. The Morgan fingerprint density at radius 2 is 2.00 bits per heavy atom. The van der Waals surface area contributed by atoms with Gasteiger partial charge in [0, 0.05) is 16.3 Å². The van der Waals surface area contributed by atoms with Crippen LogP contribution >= 0.6 is 23.4 Å². The lowest BCUT2D eigenvalue weighted by Gasteiger charge is -2.11. The third kappa shape index (κ3) is 3.99. The fourth-order valence-electron chi connectivity index (χ4n) is 1.64. The van der Waals surface area contributed by atoms with Crippen LogP contribution in [-0.2, 0) is 0 Å². The maximum Gasteiger partial charge on any atom is 0.257 e. The number of amides is 1. The fourth-order valence-corrected chi connectivity index (χ4v) is 2.71. The number of carbonyl (C=O) groups is 1. The highest BCUT2D eigenvalue weighted by atomic mass is 35.5. The second-order valence-corrected chi connectivity index (χ2v) is 6.53. The van der Waals surface area contributed by atoms with Gasteiger partial charge in [0.25, 0.3) is 5.91 Å². The summed E-state index contributed by atoms with van der Waals surface area (Å²) in [7, 11) is 0. The first-order valence-corrected chi connectivity index (χ1v) is 7.50. The average molecular weight is 307 g/mol. The third-order valence-corrected chi connectivity index (χ3v) is 3.77. The first-order valence-electron chi connectivity index (χ1n) is 6.25. The van der Waals surface area contributed by atoms with E-state index in [2.05, 4.69) is 24.1 Å². The van der Waals surface area contributed by atoms with Crippen molar-refractivity contribution < 1.29 is 4.79 Å². The molecule has 2 aromatic rings. The molecule has 5 heteroatoms. The van der Waals surface area contributed by atoms with Gasteiger partial charge in [0.05, 0.1) is 10.6 Å². The summed E-state index contributed by atoms with van der Waals surface area (Å²) in [5.74, 6) is 0.326. The van der Waals surface area contributed by atoms with Crippen LogP contribution in [0, 0.1) is 0 Å². The Morgan fingerprint density at radius 1 is 1.25 bits per heavy atom. The molecule has 0 fully saturated rings. The number of hydrogen-bond acceptors (Lipinski definition) is 3. The average Bonchev–Trinajstić information content (AvgIpc) is 2.41. The van der Waals surface area contributed by atoms with Gasteiger partial charge in [-0.25, -0.2) is 4.98 Å². The number of nitrogens with zero attached hydrogens (tertiary/aromatic N) is 1. The molecule has 0 unspecified atom stereocenters. The lowest BCUT2D eigenvalue weighted by molar-refractivity contribution is 0.102. The van der Waals surface area contributed by atoms with Gasteiger partial charge in [0.1, 0.15) is 5.82 Å². The molecular formula is C15H15ClN2OS. The Bertz CT molecular complexity index is 599. The highest BCUT2D eigenvalue weighted by Gasteiger charge is 2.13. The largest absolute Gasteiger partial charge is 0.307 e. The predicted molar refractivity (Wildman–Crippen MR) is 84.6 cm³/mol. The summed E-state index contributed by atoms with van der Waals surface area (Å²) in [5.41, 5.74) is 0.656. The number of benzene rings is 1. The van der Waals surface area contributed by atoms with E-state index in [0.717, 1.165) is 4.90 Å². The number of carbonyl (C=O) groups excluding carboxylic acids is 1. The van der Waals surface area contributed by atoms with E-state index in [-0.39, 0.29) is 5.91 Å². The van der Waals surface area contributed by atoms with Crippen molar-refractivity contribution >= 4 is 35.1 Å². The third-order valence-electron chi connectivity index (χ3n) is 2.46. The summed E-state index contributed by atoms with van der Waals surface area (Å²) in [6, 6.07) is 10.9. The minimum Gasteiger partial charge on any atom is -0.307 e. The van der Waals surface area contributed by atoms with E-state index in [1.165, 1.54) is 6.20 Å². The smallest absolute Gasteiger partial charge is 0.257 e. The van der Waals surface area contributed by atoms with Gasteiger partial charge in [0.15, 0.2) is 0 Å². The van der Waals surface area contributed by atoms with Crippen LogP contribution in [0.1, 0.15) is 24.2 Å². The molecule has 2 rings (SSSR count). The van der Waals surface area contributed by atoms with Gasteiger partial charge < -0.3 is 5.32 Å². The molecular weight excluding hydrogens is 292 g/mol. The van der Waals surface area contributed by atoms with Gasteiger partial charge in [-0.1, -0.05) is 37.6 Å². The van der Waals surface area contributed by atoms with Crippen molar-refractivity contribution in [2.45, 2.75) is 24.0 Å². The highest BCUT2D eigenvalue weighted by molar-refractivity contribution is 8.00. The molecule has 1 aromatic heterocycles. The second kappa shape index (κ2) is 6.77. The Hall–Kier alpha value is -1.52. The van der Waals surface area contributed by atoms with Crippen LogP contribution in [0.15, 0.2) is 47.5 Å². The normalized spacial score (nSPS) is 10.6. The SMILES string of the molecule is CC(C)Sc1ccccc1C(=O)Nc1ccc(Cl)cn1. The zero-order valence-corrected chi connectivity index (χ0v) is 12.8. The Labute approximate surface area is 127 Å². The standard InChI is InChI=1S/C15H15ClN2OS/c1-10(2)20-13-6-4-3-5-12(13)15(19)18-14-8-7-11(16)9-17-14/h3-10H,1-2H3,(H,17,18,19). The molecule has 0 saturated heterocycles. The summed E-state index contributed by atoms with van der Waals surface area (Å²) >= 11 is 7.43. The van der Waals surface area contributed by atoms with Crippen molar-refractivity contribution in [1.29, 1.82) is 0 Å². The molecule has 0 spiro atoms. The van der Waals surface area contributed by atoms with Crippen LogP contribution in [0.3, 0.4) is 0 Å². The summed E-state index contributed by atoms with van der Waals surface area (Å²) in [4.78, 5) is 17.3. The minimum atomic E-state index is -0.163. The van der Waals surface area contributed by atoms with Gasteiger partial charge >= 0.3 is 0 Å². The van der Waals surface area contributed by atoms with Crippen LogP contribution < -0.4 is 5.32 Å². The topological polar surface area (TPSA) is 42.0 Å². The zero-order valence-electron chi connectivity index (χ0n) is 11.3. The zero-order chi connectivity index (χ0) is 14.5. The van der Waals surface area contributed by atoms with Gasteiger partial charge in [-0.3, -0.25) is 4.79 Å². The number of hydrogen-bond donors (Lipinski definition) is 1. The van der Waals surface area contributed by atoms with Crippen LogP contribution in [0.5, 0.6) is 0 Å². The number of aromatic nitrogens is 1. The van der Waals surface area contributed by atoms with E-state index in [4.69, 9.17) is 11.6 Å². The monoisotopic (exact) mass is 306 g/mol. The molecule has 1 N–H and O–H groups in total. The van der Waals surface area contributed by atoms with E-state index >= 15 is 0 Å². The van der Waals surface area contributed by atoms with E-state index < -0.39 is 0 Å². The lowest BCUT2D eigenvalue weighted by atomic mass is 10.2. The molecule has 20 heavy (non-hydrogen) atoms. The van der Waals surface area contributed by atoms with Crippen molar-refractivity contribution in [3.05, 3.63) is 53.2 Å². The molecule has 0 aliphatic carbocycles. The Morgan fingerprint density at radius 3 is 2.65 bits per heavy atom. The predicted octanol–water partition coefficient (Wildman–Crippen LogP) is 4.49. The minimum absolute atomic E-state index is 0.163. The molecule has 0 atom stereocenters. The first-order chi connectivity index (χ1) is 9.56. The van der Waals surface area contributed by atoms with E-state index in [1.807, 2.05) is 24.3 Å². The van der Waals surface area contributed by atoms with Crippen molar-refractivity contribution in [1.82, 2.24) is 4.98 Å². The van der Waals surface area contributed by atoms with Crippen molar-refractivity contribution in [2.24, 2.45) is 0 Å². The second-order valence-electron chi connectivity index (χ2n) is 4.48. The number of pyridine rings is 1. The molecule has 0 aliphatic rings. The van der Waals surface area contributed by atoms with Gasteiger partial charge in [-0.05, 0) is 24.3 Å². The van der Waals surface area contributed by atoms with Crippen LogP contribution in [-0.4, -0.2) is 16.1 Å². The summed E-state index contributed by atoms with van der Waals surface area (Å²) < 4.78 is 0. The maximum atomic E-state index is 12.3. The van der Waals surface area contributed by atoms with Crippen molar-refractivity contribution in [3.8, 4) is 0 Å². The van der Waals surface area contributed by atoms with Crippen molar-refractivity contribution in [2.75, 3.05) is 5.32 Å². The Balaban J connectivity index is 2.18. The van der Waals surface area contributed by atoms with Gasteiger partial charge in [-0.15, -0.1) is 11.8 Å². The molecule has 0 radical (unpaired) electrons. The van der Waals surface area contributed by atoms with Crippen LogP contribution in [0.25, 0.3) is 0 Å². The molecule has 0 bridgehead atoms. The number of halogens is 1.